The third-order valence-corrected chi connectivity index (χ3v) is 4.17. The zero-order valence-corrected chi connectivity index (χ0v) is 11.8. The Labute approximate surface area is 122 Å². The van der Waals surface area contributed by atoms with Crippen molar-refractivity contribution in [1.29, 1.82) is 0 Å². The van der Waals surface area contributed by atoms with E-state index in [2.05, 4.69) is 5.32 Å². The maximum atomic E-state index is 13.1. The summed E-state index contributed by atoms with van der Waals surface area (Å²) >= 11 is 0. The maximum Gasteiger partial charge on any atom is 0.254 e. The summed E-state index contributed by atoms with van der Waals surface area (Å²) in [5.41, 5.74) is 0.266. The molecule has 1 amide bonds. The lowest BCUT2D eigenvalue weighted by molar-refractivity contribution is 0.0774. The standard InChI is InChI=1S/C14H16F2N2O.ClH/c15-11-5-10(6-12(16)7-11)13(19)18-4-2-14(9-18)1-3-17-8-14;/h5-7,17H,1-4,8-9H2;1H. The minimum absolute atomic E-state index is 0. The lowest BCUT2D eigenvalue weighted by atomic mass is 9.86. The lowest BCUT2D eigenvalue weighted by Gasteiger charge is -2.22. The Balaban J connectivity index is 0.00000147. The van der Waals surface area contributed by atoms with Gasteiger partial charge in [-0.15, -0.1) is 12.4 Å². The van der Waals surface area contributed by atoms with Crippen LogP contribution in [-0.4, -0.2) is 37.0 Å². The fourth-order valence-electron chi connectivity index (χ4n) is 3.11. The summed E-state index contributed by atoms with van der Waals surface area (Å²) in [7, 11) is 0. The van der Waals surface area contributed by atoms with Crippen molar-refractivity contribution in [3.8, 4) is 0 Å². The molecule has 6 heteroatoms. The van der Waals surface area contributed by atoms with Crippen LogP contribution in [0.15, 0.2) is 18.2 Å². The molecule has 1 spiro atoms. The van der Waals surface area contributed by atoms with Crippen molar-refractivity contribution in [2.24, 2.45) is 5.41 Å². The number of amides is 1. The molecule has 2 fully saturated rings. The van der Waals surface area contributed by atoms with Gasteiger partial charge in [0.15, 0.2) is 0 Å². The predicted molar refractivity (Wildman–Crippen MR) is 74.0 cm³/mol. The number of carbonyl (C=O) groups is 1. The van der Waals surface area contributed by atoms with Gasteiger partial charge in [-0.3, -0.25) is 4.79 Å². The van der Waals surface area contributed by atoms with E-state index >= 15 is 0 Å². The van der Waals surface area contributed by atoms with E-state index in [4.69, 9.17) is 0 Å². The Morgan fingerprint density at radius 1 is 1.20 bits per heavy atom. The molecular weight excluding hydrogens is 286 g/mol. The van der Waals surface area contributed by atoms with E-state index in [0.29, 0.717) is 13.1 Å². The minimum Gasteiger partial charge on any atom is -0.338 e. The quantitative estimate of drug-likeness (QED) is 0.863. The Morgan fingerprint density at radius 2 is 1.90 bits per heavy atom. The van der Waals surface area contributed by atoms with Crippen LogP contribution in [0.5, 0.6) is 0 Å². The van der Waals surface area contributed by atoms with Gasteiger partial charge in [-0.25, -0.2) is 8.78 Å². The van der Waals surface area contributed by atoms with Crippen LogP contribution in [0, 0.1) is 17.0 Å². The van der Waals surface area contributed by atoms with Gasteiger partial charge in [-0.05, 0) is 31.5 Å². The van der Waals surface area contributed by atoms with E-state index in [1.54, 1.807) is 4.90 Å². The second-order valence-electron chi connectivity index (χ2n) is 5.56. The van der Waals surface area contributed by atoms with E-state index in [1.807, 2.05) is 0 Å². The molecule has 20 heavy (non-hydrogen) atoms. The van der Waals surface area contributed by atoms with Gasteiger partial charge >= 0.3 is 0 Å². The number of nitrogens with zero attached hydrogens (tertiary/aromatic N) is 1. The first-order valence-corrected chi connectivity index (χ1v) is 6.54. The van der Waals surface area contributed by atoms with Crippen molar-refractivity contribution in [3.05, 3.63) is 35.4 Å². The van der Waals surface area contributed by atoms with Crippen LogP contribution < -0.4 is 5.32 Å². The largest absolute Gasteiger partial charge is 0.338 e. The van der Waals surface area contributed by atoms with Crippen molar-refractivity contribution < 1.29 is 13.6 Å². The van der Waals surface area contributed by atoms with E-state index in [-0.39, 0.29) is 29.3 Å². The SMILES string of the molecule is Cl.O=C(c1cc(F)cc(F)c1)N1CCC2(CCNC2)C1. The molecule has 2 saturated heterocycles. The fraction of sp³-hybridized carbons (Fsp3) is 0.500. The zero-order chi connectivity index (χ0) is 13.5. The van der Waals surface area contributed by atoms with E-state index < -0.39 is 11.6 Å². The highest BCUT2D eigenvalue weighted by molar-refractivity contribution is 5.94. The molecule has 0 saturated carbocycles. The molecule has 1 atom stereocenters. The molecule has 0 aromatic heterocycles. The smallest absolute Gasteiger partial charge is 0.254 e. The zero-order valence-electron chi connectivity index (χ0n) is 11.0. The van der Waals surface area contributed by atoms with Gasteiger partial charge in [0.2, 0.25) is 0 Å². The van der Waals surface area contributed by atoms with Gasteiger partial charge in [-0.1, -0.05) is 0 Å². The number of likely N-dealkylation sites (tertiary alicyclic amines) is 1. The fourth-order valence-corrected chi connectivity index (χ4v) is 3.11. The number of carbonyl (C=O) groups excluding carboxylic acids is 1. The second-order valence-corrected chi connectivity index (χ2v) is 5.56. The molecule has 2 heterocycles. The summed E-state index contributed by atoms with van der Waals surface area (Å²) in [5, 5.41) is 3.31. The molecule has 1 N–H and O–H groups in total. The third-order valence-electron chi connectivity index (χ3n) is 4.17. The minimum atomic E-state index is -0.709. The molecule has 1 aromatic carbocycles. The van der Waals surface area contributed by atoms with Crippen LogP contribution in [0.25, 0.3) is 0 Å². The van der Waals surface area contributed by atoms with E-state index in [0.717, 1.165) is 44.1 Å². The molecule has 0 aliphatic carbocycles. The number of halogens is 3. The third kappa shape index (κ3) is 2.79. The summed E-state index contributed by atoms with van der Waals surface area (Å²) in [4.78, 5) is 14.0. The van der Waals surface area contributed by atoms with Gasteiger partial charge in [0, 0.05) is 36.7 Å². The summed E-state index contributed by atoms with van der Waals surface area (Å²) in [6, 6.07) is 2.98. The van der Waals surface area contributed by atoms with E-state index in [1.165, 1.54) is 0 Å². The molecule has 2 aliphatic heterocycles. The van der Waals surface area contributed by atoms with Crippen molar-refractivity contribution in [1.82, 2.24) is 10.2 Å². The molecule has 1 unspecified atom stereocenters. The van der Waals surface area contributed by atoms with Crippen molar-refractivity contribution in [2.45, 2.75) is 12.8 Å². The van der Waals surface area contributed by atoms with E-state index in [9.17, 15) is 13.6 Å². The topological polar surface area (TPSA) is 32.3 Å². The van der Waals surface area contributed by atoms with Gasteiger partial charge < -0.3 is 10.2 Å². The highest BCUT2D eigenvalue weighted by Crippen LogP contribution is 2.36. The summed E-state index contributed by atoms with van der Waals surface area (Å²) in [5.74, 6) is -1.69. The first kappa shape index (κ1) is 15.2. The van der Waals surface area contributed by atoms with Crippen molar-refractivity contribution >= 4 is 18.3 Å². The number of hydrogen-bond acceptors (Lipinski definition) is 2. The number of rotatable bonds is 1. The molecule has 3 nitrogen and oxygen atoms in total. The van der Waals surface area contributed by atoms with Crippen LogP contribution in [-0.2, 0) is 0 Å². The van der Waals surface area contributed by atoms with Gasteiger partial charge in [-0.2, -0.15) is 0 Å². The molecule has 0 bridgehead atoms. The Hall–Kier alpha value is -1.20. The highest BCUT2D eigenvalue weighted by Gasteiger charge is 2.42. The Kier molecular flexibility index (Phi) is 4.30. The first-order chi connectivity index (χ1) is 9.08. The van der Waals surface area contributed by atoms with Crippen LogP contribution in [0.4, 0.5) is 8.78 Å². The maximum absolute atomic E-state index is 13.1. The van der Waals surface area contributed by atoms with Crippen LogP contribution in [0.3, 0.4) is 0 Å². The van der Waals surface area contributed by atoms with Crippen LogP contribution in [0.2, 0.25) is 0 Å². The van der Waals surface area contributed by atoms with Gasteiger partial charge in [0.1, 0.15) is 11.6 Å². The van der Waals surface area contributed by atoms with Crippen molar-refractivity contribution in [3.63, 3.8) is 0 Å². The van der Waals surface area contributed by atoms with Crippen molar-refractivity contribution in [2.75, 3.05) is 26.2 Å². The van der Waals surface area contributed by atoms with Gasteiger partial charge in [0.25, 0.3) is 5.91 Å². The average Bonchev–Trinajstić information content (AvgIpc) is 2.98. The molecule has 2 aliphatic rings. The summed E-state index contributed by atoms with van der Waals surface area (Å²) in [6.07, 6.45) is 2.03. The lowest BCUT2D eigenvalue weighted by Crippen LogP contribution is -2.33. The van der Waals surface area contributed by atoms with Gasteiger partial charge in [0.05, 0.1) is 0 Å². The monoisotopic (exact) mass is 302 g/mol. The Morgan fingerprint density at radius 3 is 2.50 bits per heavy atom. The highest BCUT2D eigenvalue weighted by atomic mass is 35.5. The first-order valence-electron chi connectivity index (χ1n) is 6.54. The normalized spacial score (nSPS) is 25.0. The molecule has 110 valence electrons. The number of nitrogens with one attached hydrogen (secondary N) is 1. The van der Waals surface area contributed by atoms with Crippen LogP contribution in [0.1, 0.15) is 23.2 Å². The molecule has 0 radical (unpaired) electrons. The summed E-state index contributed by atoms with van der Waals surface area (Å²) < 4.78 is 26.3. The van der Waals surface area contributed by atoms with Crippen LogP contribution >= 0.6 is 12.4 Å². The second kappa shape index (κ2) is 5.66. The molecular formula is C14H17ClF2N2O. The average molecular weight is 303 g/mol. The number of benzene rings is 1. The molecule has 3 rings (SSSR count). The number of hydrogen-bond donors (Lipinski definition) is 1. The predicted octanol–water partition coefficient (Wildman–Crippen LogP) is 2.21. The Bertz CT molecular complexity index is 498. The molecule has 1 aromatic rings. The summed E-state index contributed by atoms with van der Waals surface area (Å²) in [6.45, 7) is 3.25.